The lowest BCUT2D eigenvalue weighted by Crippen LogP contribution is -2.43. The monoisotopic (exact) mass is 529 g/mol. The zero-order valence-electron chi connectivity index (χ0n) is 21.7. The number of halogens is 1. The largest absolute Gasteiger partial charge is 0.481 e. The number of aryl methyl sites for hydroxylation is 1. The highest BCUT2D eigenvalue weighted by atomic mass is 19.1. The molecule has 0 saturated carbocycles. The van der Waals surface area contributed by atoms with Crippen LogP contribution in [0.4, 0.5) is 15.9 Å². The van der Waals surface area contributed by atoms with Crippen LogP contribution in [-0.2, 0) is 16.1 Å². The second-order valence-electron chi connectivity index (χ2n) is 10.4. The van der Waals surface area contributed by atoms with E-state index in [0.717, 1.165) is 34.0 Å². The molecule has 1 aromatic carbocycles. The number of imidazole rings is 1. The first-order chi connectivity index (χ1) is 18.7. The highest BCUT2D eigenvalue weighted by molar-refractivity contribution is 5.97. The first kappa shape index (κ1) is 24.8. The number of hydrogen-bond donors (Lipinski definition) is 1. The summed E-state index contributed by atoms with van der Waals surface area (Å²) in [5, 5.41) is 9.49. The lowest BCUT2D eigenvalue weighted by molar-refractivity contribution is -0.149. The molecule has 9 nitrogen and oxygen atoms in total. The Labute approximate surface area is 224 Å². The van der Waals surface area contributed by atoms with Crippen LogP contribution in [-0.4, -0.2) is 51.0 Å². The molecule has 0 atom stereocenters. The fourth-order valence-corrected chi connectivity index (χ4v) is 5.28. The van der Waals surface area contributed by atoms with Gasteiger partial charge < -0.3 is 19.1 Å². The van der Waals surface area contributed by atoms with E-state index >= 15 is 0 Å². The summed E-state index contributed by atoms with van der Waals surface area (Å²) < 4.78 is 21.6. The molecule has 10 heteroatoms. The van der Waals surface area contributed by atoms with Crippen molar-refractivity contribution in [2.75, 3.05) is 29.5 Å². The number of piperidine rings is 1. The van der Waals surface area contributed by atoms with Crippen LogP contribution >= 0.6 is 0 Å². The second kappa shape index (κ2) is 9.37. The number of rotatable bonds is 5. The number of aromatic nitrogens is 3. The van der Waals surface area contributed by atoms with E-state index in [4.69, 9.17) is 4.74 Å². The summed E-state index contributed by atoms with van der Waals surface area (Å²) >= 11 is 0. The van der Waals surface area contributed by atoms with Gasteiger partial charge in [0, 0.05) is 36.6 Å². The van der Waals surface area contributed by atoms with E-state index in [-0.39, 0.29) is 24.8 Å². The fourth-order valence-electron chi connectivity index (χ4n) is 5.28. The van der Waals surface area contributed by atoms with Gasteiger partial charge in [-0.3, -0.25) is 14.5 Å². The van der Waals surface area contributed by atoms with Crippen LogP contribution in [0.15, 0.2) is 54.9 Å². The Morgan fingerprint density at radius 1 is 1.13 bits per heavy atom. The van der Waals surface area contributed by atoms with E-state index in [9.17, 15) is 19.1 Å². The van der Waals surface area contributed by atoms with Gasteiger partial charge >= 0.3 is 5.97 Å². The van der Waals surface area contributed by atoms with Gasteiger partial charge in [0.05, 0.1) is 29.0 Å². The van der Waals surface area contributed by atoms with Gasteiger partial charge in [-0.15, -0.1) is 0 Å². The Balaban J connectivity index is 1.27. The molecule has 6 rings (SSSR count). The summed E-state index contributed by atoms with van der Waals surface area (Å²) in [6, 6.07) is 12.4. The zero-order valence-corrected chi connectivity index (χ0v) is 21.7. The van der Waals surface area contributed by atoms with Crippen molar-refractivity contribution >= 4 is 29.0 Å². The number of carbonyl (C=O) groups excluding carboxylic acids is 1. The summed E-state index contributed by atoms with van der Waals surface area (Å²) in [6.07, 6.45) is 4.94. The third-order valence-corrected chi connectivity index (χ3v) is 7.89. The molecule has 0 unspecified atom stereocenters. The number of pyridine rings is 2. The maximum atomic E-state index is 14.3. The minimum Gasteiger partial charge on any atom is -0.481 e. The lowest BCUT2D eigenvalue weighted by atomic mass is 9.80. The minimum atomic E-state index is -0.746. The Hall–Kier alpha value is -4.47. The molecule has 200 valence electrons. The van der Waals surface area contributed by atoms with E-state index in [1.165, 1.54) is 11.0 Å². The summed E-state index contributed by atoms with van der Waals surface area (Å²) in [5.41, 5.74) is 3.89. The normalized spacial score (nSPS) is 16.7. The van der Waals surface area contributed by atoms with E-state index < -0.39 is 17.2 Å². The molecule has 5 heterocycles. The fraction of sp³-hybridized carbons (Fsp3) is 0.310. The van der Waals surface area contributed by atoms with Gasteiger partial charge in [-0.25, -0.2) is 14.4 Å². The molecule has 1 saturated heterocycles. The van der Waals surface area contributed by atoms with E-state index in [0.29, 0.717) is 31.6 Å². The van der Waals surface area contributed by atoms with Gasteiger partial charge in [0.1, 0.15) is 11.5 Å². The number of nitrogens with zero attached hydrogens (tertiary/aromatic N) is 5. The number of para-hydroxylation sites is 1. The van der Waals surface area contributed by atoms with Crippen molar-refractivity contribution in [1.82, 2.24) is 14.4 Å². The zero-order chi connectivity index (χ0) is 27.3. The van der Waals surface area contributed by atoms with Crippen molar-refractivity contribution in [2.24, 2.45) is 5.41 Å². The predicted octanol–water partition coefficient (Wildman–Crippen LogP) is 4.46. The van der Waals surface area contributed by atoms with Crippen LogP contribution in [0.1, 0.15) is 31.2 Å². The van der Waals surface area contributed by atoms with Crippen molar-refractivity contribution in [2.45, 2.75) is 33.2 Å². The third kappa shape index (κ3) is 4.35. The second-order valence-corrected chi connectivity index (χ2v) is 10.4. The molecule has 0 bridgehead atoms. The number of carbonyl (C=O) groups is 2. The standard InChI is InChI=1S/C29H28FN5O4/c1-18-23(16-35-22-5-3-4-21(30)27(22)39-17-26(35)36)34-15-20(7-9-25(34)32-18)19-6-8-24(31-14-19)33-12-10-29(2,11-13-33)28(37)38/h3-9,14-15H,10-13,16-17H2,1-2H3,(H,37,38). The Morgan fingerprint density at radius 3 is 2.62 bits per heavy atom. The summed E-state index contributed by atoms with van der Waals surface area (Å²) in [7, 11) is 0. The van der Waals surface area contributed by atoms with Crippen LogP contribution in [0.3, 0.4) is 0 Å². The summed E-state index contributed by atoms with van der Waals surface area (Å²) in [4.78, 5) is 37.3. The van der Waals surface area contributed by atoms with Crippen molar-refractivity contribution < 1.29 is 23.8 Å². The van der Waals surface area contributed by atoms with Gasteiger partial charge in [-0.05, 0) is 63.1 Å². The first-order valence-corrected chi connectivity index (χ1v) is 12.9. The number of benzene rings is 1. The molecule has 2 aliphatic rings. The average Bonchev–Trinajstić information content (AvgIpc) is 3.25. The number of carboxylic acid groups (broad SMARTS) is 1. The van der Waals surface area contributed by atoms with Crippen LogP contribution in [0.2, 0.25) is 0 Å². The lowest BCUT2D eigenvalue weighted by Gasteiger charge is -2.37. The van der Waals surface area contributed by atoms with Crippen molar-refractivity contribution in [3.63, 3.8) is 0 Å². The molecule has 1 fully saturated rings. The molecule has 1 amide bonds. The molecule has 0 spiro atoms. The molecule has 39 heavy (non-hydrogen) atoms. The number of fused-ring (bicyclic) bond motifs is 2. The minimum absolute atomic E-state index is 0.0803. The molecule has 1 N–H and O–H groups in total. The summed E-state index contributed by atoms with van der Waals surface area (Å²) in [5.74, 6) is -0.595. The quantitative estimate of drug-likeness (QED) is 0.407. The molecule has 0 radical (unpaired) electrons. The SMILES string of the molecule is Cc1nc2ccc(-c3ccc(N4CCC(C)(C(=O)O)CC4)nc3)cn2c1CN1C(=O)COc2c(F)cccc21. The van der Waals surface area contributed by atoms with Crippen LogP contribution < -0.4 is 14.5 Å². The third-order valence-electron chi connectivity index (χ3n) is 7.89. The van der Waals surface area contributed by atoms with Crippen molar-refractivity contribution in [3.05, 3.63) is 72.1 Å². The number of ether oxygens (including phenoxy) is 1. The Kier molecular flexibility index (Phi) is 5.97. The number of carboxylic acids is 1. The number of anilines is 2. The van der Waals surface area contributed by atoms with Gasteiger partial charge in [0.25, 0.3) is 5.91 Å². The van der Waals surface area contributed by atoms with Gasteiger partial charge in [0.2, 0.25) is 0 Å². The number of amides is 1. The highest BCUT2D eigenvalue weighted by Crippen LogP contribution is 2.36. The topological polar surface area (TPSA) is 100 Å². The van der Waals surface area contributed by atoms with Crippen molar-refractivity contribution in [1.29, 1.82) is 0 Å². The number of aliphatic carboxylic acids is 1. The average molecular weight is 530 g/mol. The molecular formula is C29H28FN5O4. The first-order valence-electron chi connectivity index (χ1n) is 12.9. The van der Waals surface area contributed by atoms with Crippen LogP contribution in [0, 0.1) is 18.2 Å². The number of hydrogen-bond acceptors (Lipinski definition) is 6. The van der Waals surface area contributed by atoms with E-state index in [1.807, 2.05) is 48.0 Å². The molecule has 2 aliphatic heterocycles. The molecule has 0 aliphatic carbocycles. The van der Waals surface area contributed by atoms with E-state index in [1.54, 1.807) is 19.1 Å². The van der Waals surface area contributed by atoms with Gasteiger partial charge in [-0.2, -0.15) is 0 Å². The Morgan fingerprint density at radius 2 is 1.90 bits per heavy atom. The maximum absolute atomic E-state index is 14.3. The molecule has 3 aromatic heterocycles. The van der Waals surface area contributed by atoms with Gasteiger partial charge in [-0.1, -0.05) is 6.07 Å². The smallest absolute Gasteiger partial charge is 0.309 e. The molecule has 4 aromatic rings. The van der Waals surface area contributed by atoms with Crippen LogP contribution in [0.25, 0.3) is 16.8 Å². The molecular weight excluding hydrogens is 501 g/mol. The van der Waals surface area contributed by atoms with Crippen LogP contribution in [0.5, 0.6) is 5.75 Å². The van der Waals surface area contributed by atoms with Gasteiger partial charge in [0.15, 0.2) is 18.2 Å². The Bertz CT molecular complexity index is 1590. The summed E-state index contributed by atoms with van der Waals surface area (Å²) in [6.45, 7) is 4.98. The van der Waals surface area contributed by atoms with E-state index in [2.05, 4.69) is 14.9 Å². The highest BCUT2D eigenvalue weighted by Gasteiger charge is 2.37. The predicted molar refractivity (Wildman–Crippen MR) is 143 cm³/mol. The van der Waals surface area contributed by atoms with Crippen molar-refractivity contribution in [3.8, 4) is 16.9 Å². The maximum Gasteiger partial charge on any atom is 0.309 e.